The molecule has 17 heavy (non-hydrogen) atoms. The minimum absolute atomic E-state index is 0.297. The molecule has 0 spiro atoms. The second kappa shape index (κ2) is 6.35. The van der Waals surface area contributed by atoms with Crippen LogP contribution in [-0.2, 0) is 4.79 Å². The lowest BCUT2D eigenvalue weighted by Gasteiger charge is -2.39. The van der Waals surface area contributed by atoms with E-state index in [0.29, 0.717) is 38.7 Å². The zero-order valence-electron chi connectivity index (χ0n) is 10.2. The van der Waals surface area contributed by atoms with Crippen molar-refractivity contribution in [1.29, 1.82) is 0 Å². The molecule has 0 radical (unpaired) electrons. The lowest BCUT2D eigenvalue weighted by molar-refractivity contribution is -0.147. The topological polar surface area (TPSA) is 93.0 Å². The summed E-state index contributed by atoms with van der Waals surface area (Å²) in [5.41, 5.74) is -0.882. The van der Waals surface area contributed by atoms with Gasteiger partial charge in [-0.1, -0.05) is 12.8 Å². The minimum Gasteiger partial charge on any atom is -0.480 e. The molecule has 0 amide bonds. The Bertz CT molecular complexity index is 265. The van der Waals surface area contributed by atoms with Crippen LogP contribution in [0.2, 0.25) is 6.32 Å². The van der Waals surface area contributed by atoms with Crippen molar-refractivity contribution in [3.8, 4) is 0 Å². The first-order chi connectivity index (χ1) is 7.96. The molecule has 98 valence electrons. The molecule has 7 heteroatoms. The van der Waals surface area contributed by atoms with Gasteiger partial charge in [-0.3, -0.25) is 10.1 Å². The Morgan fingerprint density at radius 2 is 2.18 bits per heavy atom. The molecule has 0 saturated carbocycles. The van der Waals surface area contributed by atoms with Crippen molar-refractivity contribution in [2.24, 2.45) is 0 Å². The molecule has 1 unspecified atom stereocenters. The molecule has 6 nitrogen and oxygen atoms in total. The molecular weight excluding hydrogens is 223 g/mol. The van der Waals surface area contributed by atoms with Gasteiger partial charge in [-0.25, -0.2) is 0 Å². The first-order valence-electron chi connectivity index (χ1n) is 5.99. The normalized spacial score (nSPS) is 25.8. The monoisotopic (exact) mass is 244 g/mol. The van der Waals surface area contributed by atoms with Crippen LogP contribution in [0.15, 0.2) is 0 Å². The van der Waals surface area contributed by atoms with Crippen LogP contribution in [-0.4, -0.2) is 65.4 Å². The molecule has 1 heterocycles. The Morgan fingerprint density at radius 3 is 2.71 bits per heavy atom. The van der Waals surface area contributed by atoms with Crippen molar-refractivity contribution < 1.29 is 19.9 Å². The molecule has 4 N–H and O–H groups in total. The van der Waals surface area contributed by atoms with Gasteiger partial charge in [0.25, 0.3) is 0 Å². The summed E-state index contributed by atoms with van der Waals surface area (Å²) in [4.78, 5) is 13.4. The fraction of sp³-hybridized carbons (Fsp3) is 0.900. The molecule has 1 aliphatic rings. The fourth-order valence-electron chi connectivity index (χ4n) is 2.25. The van der Waals surface area contributed by atoms with E-state index in [9.17, 15) is 9.90 Å². The maximum absolute atomic E-state index is 11.4. The maximum atomic E-state index is 11.4. The van der Waals surface area contributed by atoms with E-state index < -0.39 is 18.6 Å². The van der Waals surface area contributed by atoms with Crippen LogP contribution in [0.4, 0.5) is 0 Å². The smallest absolute Gasteiger partial charge is 0.451 e. The fourth-order valence-corrected chi connectivity index (χ4v) is 2.25. The SMILES string of the molecule is CN1CCNC(CCCCB(O)O)(C(=O)O)C1. The average molecular weight is 244 g/mol. The van der Waals surface area contributed by atoms with Crippen molar-refractivity contribution >= 4 is 13.1 Å². The van der Waals surface area contributed by atoms with Crippen molar-refractivity contribution in [3.63, 3.8) is 0 Å². The van der Waals surface area contributed by atoms with Crippen LogP contribution in [0.5, 0.6) is 0 Å². The van der Waals surface area contributed by atoms with E-state index in [2.05, 4.69) is 5.32 Å². The largest absolute Gasteiger partial charge is 0.480 e. The van der Waals surface area contributed by atoms with Gasteiger partial charge in [0.1, 0.15) is 5.54 Å². The Labute approximate surface area is 102 Å². The summed E-state index contributed by atoms with van der Waals surface area (Å²) in [7, 11) is 0.619. The van der Waals surface area contributed by atoms with Gasteiger partial charge in [-0.05, 0) is 19.8 Å². The maximum Gasteiger partial charge on any atom is 0.451 e. The molecule has 1 aliphatic heterocycles. The van der Waals surface area contributed by atoms with Gasteiger partial charge in [0.05, 0.1) is 0 Å². The molecular formula is C10H21BN2O4. The quantitative estimate of drug-likeness (QED) is 0.353. The highest BCUT2D eigenvalue weighted by Gasteiger charge is 2.40. The first kappa shape index (κ1) is 14.4. The van der Waals surface area contributed by atoms with Crippen molar-refractivity contribution in [3.05, 3.63) is 0 Å². The Morgan fingerprint density at radius 1 is 1.47 bits per heavy atom. The van der Waals surface area contributed by atoms with Gasteiger partial charge in [-0.2, -0.15) is 0 Å². The summed E-state index contributed by atoms with van der Waals surface area (Å²) in [5.74, 6) is -0.825. The lowest BCUT2D eigenvalue weighted by atomic mass is 9.81. The van der Waals surface area contributed by atoms with E-state index in [4.69, 9.17) is 10.0 Å². The molecule has 1 fully saturated rings. The van der Waals surface area contributed by atoms with Gasteiger partial charge in [0, 0.05) is 19.6 Å². The number of likely N-dealkylation sites (N-methyl/N-ethyl adjacent to an activating group) is 1. The van der Waals surface area contributed by atoms with Crippen LogP contribution in [0.3, 0.4) is 0 Å². The first-order valence-corrected chi connectivity index (χ1v) is 5.99. The predicted molar refractivity (Wildman–Crippen MR) is 64.7 cm³/mol. The minimum atomic E-state index is -1.29. The van der Waals surface area contributed by atoms with Gasteiger partial charge >= 0.3 is 13.1 Å². The second-order valence-corrected chi connectivity index (χ2v) is 4.78. The third-order valence-corrected chi connectivity index (χ3v) is 3.22. The van der Waals surface area contributed by atoms with Crippen molar-refractivity contribution in [2.75, 3.05) is 26.7 Å². The summed E-state index contributed by atoms with van der Waals surface area (Å²) in [5, 5.41) is 29.9. The summed E-state index contributed by atoms with van der Waals surface area (Å²) >= 11 is 0. The number of rotatable bonds is 6. The number of piperazine rings is 1. The number of nitrogens with one attached hydrogen (secondary N) is 1. The Hall–Kier alpha value is -0.625. The van der Waals surface area contributed by atoms with E-state index in [1.807, 2.05) is 11.9 Å². The molecule has 0 aliphatic carbocycles. The van der Waals surface area contributed by atoms with Gasteiger partial charge < -0.3 is 20.1 Å². The zero-order valence-corrected chi connectivity index (χ0v) is 10.2. The summed E-state index contributed by atoms with van der Waals surface area (Å²) in [6.07, 6.45) is 2.10. The van der Waals surface area contributed by atoms with Crippen molar-refractivity contribution in [2.45, 2.75) is 31.1 Å². The number of aliphatic carboxylic acids is 1. The number of carboxylic acids is 1. The number of hydrogen-bond donors (Lipinski definition) is 4. The number of carboxylic acid groups (broad SMARTS) is 1. The molecule has 0 aromatic carbocycles. The third-order valence-electron chi connectivity index (χ3n) is 3.22. The van der Waals surface area contributed by atoms with Crippen LogP contribution < -0.4 is 5.32 Å². The predicted octanol–water partition coefficient (Wildman–Crippen LogP) is -1.01. The zero-order chi connectivity index (χ0) is 12.9. The van der Waals surface area contributed by atoms with Crippen molar-refractivity contribution in [1.82, 2.24) is 10.2 Å². The van der Waals surface area contributed by atoms with Gasteiger partial charge in [0.15, 0.2) is 0 Å². The highest BCUT2D eigenvalue weighted by atomic mass is 16.4. The number of nitrogens with zero attached hydrogens (tertiary/aromatic N) is 1. The highest BCUT2D eigenvalue weighted by molar-refractivity contribution is 6.40. The van der Waals surface area contributed by atoms with E-state index in [0.717, 1.165) is 6.54 Å². The van der Waals surface area contributed by atoms with Crippen LogP contribution in [0.1, 0.15) is 19.3 Å². The number of unbranched alkanes of at least 4 members (excludes halogenated alkanes) is 1. The summed E-state index contributed by atoms with van der Waals surface area (Å²) in [6, 6.07) is 0. The standard InChI is InChI=1S/C10H21BN2O4/c1-13-7-6-12-10(8-13,9(14)15)4-2-3-5-11(16)17/h12,16-17H,2-8H2,1H3,(H,14,15). The molecule has 0 aromatic heterocycles. The lowest BCUT2D eigenvalue weighted by Crippen LogP contribution is -2.63. The molecule has 0 bridgehead atoms. The molecule has 1 rings (SSSR count). The third kappa shape index (κ3) is 4.27. The average Bonchev–Trinajstić information content (AvgIpc) is 2.24. The van der Waals surface area contributed by atoms with Crippen LogP contribution in [0, 0.1) is 0 Å². The van der Waals surface area contributed by atoms with Crippen LogP contribution >= 0.6 is 0 Å². The summed E-state index contributed by atoms with van der Waals surface area (Å²) < 4.78 is 0. The molecule has 1 atom stereocenters. The second-order valence-electron chi connectivity index (χ2n) is 4.78. The number of carbonyl (C=O) groups is 1. The molecule has 0 aromatic rings. The Balaban J connectivity index is 2.45. The van der Waals surface area contributed by atoms with Gasteiger partial charge in [0.2, 0.25) is 0 Å². The summed E-state index contributed by atoms with van der Waals surface area (Å²) in [6.45, 7) is 2.01. The van der Waals surface area contributed by atoms with Gasteiger partial charge in [-0.15, -0.1) is 0 Å². The van der Waals surface area contributed by atoms with E-state index in [1.54, 1.807) is 0 Å². The van der Waals surface area contributed by atoms with Crippen LogP contribution in [0.25, 0.3) is 0 Å². The van der Waals surface area contributed by atoms with E-state index >= 15 is 0 Å². The van der Waals surface area contributed by atoms with E-state index in [1.165, 1.54) is 0 Å². The Kier molecular flexibility index (Phi) is 5.39. The van der Waals surface area contributed by atoms with E-state index in [-0.39, 0.29) is 0 Å². The highest BCUT2D eigenvalue weighted by Crippen LogP contribution is 2.20. The number of hydrogen-bond acceptors (Lipinski definition) is 5. The molecule has 1 saturated heterocycles.